The number of amides is 1. The van der Waals surface area contributed by atoms with E-state index in [4.69, 9.17) is 17.3 Å². The number of hydrogen-bond acceptors (Lipinski definition) is 4. The molecule has 1 aliphatic rings. The molecule has 2 rings (SSSR count). The first-order valence-corrected chi connectivity index (χ1v) is 7.42. The highest BCUT2D eigenvalue weighted by Crippen LogP contribution is 2.34. The van der Waals surface area contributed by atoms with Crippen molar-refractivity contribution in [3.8, 4) is 0 Å². The van der Waals surface area contributed by atoms with Crippen LogP contribution in [-0.2, 0) is 9.59 Å². The summed E-state index contributed by atoms with van der Waals surface area (Å²) in [4.78, 5) is 24.8. The molecule has 0 aliphatic carbocycles. The van der Waals surface area contributed by atoms with Gasteiger partial charge < -0.3 is 5.11 Å². The van der Waals surface area contributed by atoms with E-state index in [1.807, 2.05) is 0 Å². The molecule has 1 amide bonds. The van der Waals surface area contributed by atoms with E-state index in [2.05, 4.69) is 0 Å². The quantitative estimate of drug-likeness (QED) is 0.681. The van der Waals surface area contributed by atoms with Crippen molar-refractivity contribution in [2.75, 3.05) is 0 Å². The fourth-order valence-electron chi connectivity index (χ4n) is 1.95. The molecule has 1 aliphatic heterocycles. The van der Waals surface area contributed by atoms with Crippen molar-refractivity contribution in [1.29, 1.82) is 0 Å². The fourth-order valence-corrected chi connectivity index (χ4v) is 3.30. The van der Waals surface area contributed by atoms with Crippen molar-refractivity contribution < 1.29 is 19.1 Å². The summed E-state index contributed by atoms with van der Waals surface area (Å²) in [5, 5.41) is 9.15. The first-order chi connectivity index (χ1) is 9.95. The first kappa shape index (κ1) is 15.7. The summed E-state index contributed by atoms with van der Waals surface area (Å²) < 4.78 is 13.8. The second-order valence-corrected chi connectivity index (χ2v) is 6.01. The van der Waals surface area contributed by atoms with Crippen LogP contribution in [0.4, 0.5) is 4.39 Å². The summed E-state index contributed by atoms with van der Waals surface area (Å²) in [5.74, 6) is -2.06. The van der Waals surface area contributed by atoms with Crippen molar-refractivity contribution in [1.82, 2.24) is 4.90 Å². The van der Waals surface area contributed by atoms with Crippen LogP contribution in [-0.4, -0.2) is 32.2 Å². The normalized spacial score (nSPS) is 18.4. The highest BCUT2D eigenvalue weighted by molar-refractivity contribution is 8.26. The predicted molar refractivity (Wildman–Crippen MR) is 83.1 cm³/mol. The lowest BCUT2D eigenvalue weighted by molar-refractivity contribution is -0.145. The van der Waals surface area contributed by atoms with E-state index in [1.165, 1.54) is 18.2 Å². The monoisotopic (exact) mass is 325 g/mol. The van der Waals surface area contributed by atoms with Crippen molar-refractivity contribution in [3.63, 3.8) is 0 Å². The highest BCUT2D eigenvalue weighted by Gasteiger charge is 2.39. The molecule has 0 radical (unpaired) electrons. The Morgan fingerprint density at radius 3 is 2.76 bits per heavy atom. The molecule has 0 aromatic heterocycles. The number of carboxylic acids is 1. The Labute approximate surface area is 130 Å². The van der Waals surface area contributed by atoms with E-state index < -0.39 is 23.7 Å². The predicted octanol–water partition coefficient (Wildman–Crippen LogP) is 2.89. The Bertz CT molecular complexity index is 645. The van der Waals surface area contributed by atoms with Crippen molar-refractivity contribution in [2.45, 2.75) is 19.4 Å². The maximum Gasteiger partial charge on any atom is 0.326 e. The first-order valence-electron chi connectivity index (χ1n) is 6.20. The zero-order chi connectivity index (χ0) is 15.6. The van der Waals surface area contributed by atoms with Gasteiger partial charge in [0.25, 0.3) is 5.91 Å². The third-order valence-electron chi connectivity index (χ3n) is 3.00. The second kappa shape index (κ2) is 6.36. The van der Waals surface area contributed by atoms with E-state index in [9.17, 15) is 14.0 Å². The summed E-state index contributed by atoms with van der Waals surface area (Å²) >= 11 is 6.06. The molecule has 110 valence electrons. The van der Waals surface area contributed by atoms with E-state index in [-0.39, 0.29) is 21.2 Å². The molecule has 1 heterocycles. The van der Waals surface area contributed by atoms with Gasteiger partial charge in [0.05, 0.1) is 4.91 Å². The van der Waals surface area contributed by atoms with Crippen LogP contribution in [0.3, 0.4) is 0 Å². The summed E-state index contributed by atoms with van der Waals surface area (Å²) in [6, 6.07) is 5.04. The van der Waals surface area contributed by atoms with Crippen molar-refractivity contribution in [3.05, 3.63) is 40.6 Å². The molecule has 1 aromatic carbocycles. The third kappa shape index (κ3) is 3.14. The van der Waals surface area contributed by atoms with Crippen LogP contribution in [0.15, 0.2) is 29.2 Å². The van der Waals surface area contributed by atoms with Gasteiger partial charge in [-0.15, -0.1) is 0 Å². The van der Waals surface area contributed by atoms with E-state index in [1.54, 1.807) is 19.1 Å². The number of nitrogens with zero attached hydrogens (tertiary/aromatic N) is 1. The van der Waals surface area contributed by atoms with Crippen LogP contribution in [0, 0.1) is 5.82 Å². The van der Waals surface area contributed by atoms with Gasteiger partial charge in [-0.25, -0.2) is 9.18 Å². The fraction of sp³-hybridized carbons (Fsp3) is 0.214. The van der Waals surface area contributed by atoms with Crippen molar-refractivity contribution in [2.24, 2.45) is 0 Å². The maximum absolute atomic E-state index is 13.6. The molecule has 21 heavy (non-hydrogen) atoms. The number of carboxylic acid groups (broad SMARTS) is 1. The number of thioether (sulfide) groups is 1. The van der Waals surface area contributed by atoms with Gasteiger partial charge in [-0.1, -0.05) is 49.1 Å². The minimum absolute atomic E-state index is 0.178. The number of thiocarbonyl (C=S) groups is 1. The molecule has 1 fully saturated rings. The number of aliphatic carboxylic acids is 1. The smallest absolute Gasteiger partial charge is 0.326 e. The molecule has 1 saturated heterocycles. The molecule has 1 unspecified atom stereocenters. The second-order valence-electron chi connectivity index (χ2n) is 4.34. The average Bonchev–Trinajstić information content (AvgIpc) is 2.70. The maximum atomic E-state index is 13.6. The number of halogens is 1. The summed E-state index contributed by atoms with van der Waals surface area (Å²) in [5.41, 5.74) is 0.265. The summed E-state index contributed by atoms with van der Waals surface area (Å²) in [6.07, 6.45) is 1.64. The minimum atomic E-state index is -1.11. The van der Waals surface area contributed by atoms with Gasteiger partial charge in [0.2, 0.25) is 0 Å². The van der Waals surface area contributed by atoms with Gasteiger partial charge in [-0.05, 0) is 18.6 Å². The van der Waals surface area contributed by atoms with Crippen molar-refractivity contribution >= 4 is 46.3 Å². The number of hydrogen-bond donors (Lipinski definition) is 1. The molecule has 0 spiro atoms. The van der Waals surface area contributed by atoms with Gasteiger partial charge in [0.1, 0.15) is 16.2 Å². The SMILES string of the molecule is CCC(C(=O)O)N1C(=O)/C(=C\c2ccccc2F)SC1=S. The Kier molecular flexibility index (Phi) is 4.74. The third-order valence-corrected chi connectivity index (χ3v) is 4.33. The van der Waals surface area contributed by atoms with Gasteiger partial charge in [0, 0.05) is 5.56 Å². The number of benzene rings is 1. The Balaban J connectivity index is 2.34. The summed E-state index contributed by atoms with van der Waals surface area (Å²) in [7, 11) is 0. The largest absolute Gasteiger partial charge is 0.480 e. The molecule has 0 saturated carbocycles. The lowest BCUT2D eigenvalue weighted by Gasteiger charge is -2.21. The van der Waals surface area contributed by atoms with Crippen LogP contribution >= 0.6 is 24.0 Å². The lowest BCUT2D eigenvalue weighted by atomic mass is 10.1. The van der Waals surface area contributed by atoms with Crippen LogP contribution < -0.4 is 0 Å². The average molecular weight is 325 g/mol. The Hall–Kier alpha value is -1.73. The summed E-state index contributed by atoms with van der Waals surface area (Å²) in [6.45, 7) is 1.66. The molecule has 0 bridgehead atoms. The molecule has 1 N–H and O–H groups in total. The lowest BCUT2D eigenvalue weighted by Crippen LogP contribution is -2.43. The molecular weight excluding hydrogens is 313 g/mol. The minimum Gasteiger partial charge on any atom is -0.480 e. The van der Waals surface area contributed by atoms with E-state index >= 15 is 0 Å². The zero-order valence-electron chi connectivity index (χ0n) is 11.1. The van der Waals surface area contributed by atoms with Gasteiger partial charge in [-0.3, -0.25) is 9.69 Å². The zero-order valence-corrected chi connectivity index (χ0v) is 12.7. The van der Waals surface area contributed by atoms with Crippen LogP contribution in [0.2, 0.25) is 0 Å². The highest BCUT2D eigenvalue weighted by atomic mass is 32.2. The van der Waals surface area contributed by atoms with Crippen LogP contribution in [0.5, 0.6) is 0 Å². The molecule has 7 heteroatoms. The molecule has 1 aromatic rings. The van der Waals surface area contributed by atoms with Gasteiger partial charge in [0.15, 0.2) is 0 Å². The number of carbonyl (C=O) groups excluding carboxylic acids is 1. The van der Waals surface area contributed by atoms with Gasteiger partial charge >= 0.3 is 5.97 Å². The number of rotatable bonds is 4. The Morgan fingerprint density at radius 2 is 2.19 bits per heavy atom. The number of carbonyl (C=O) groups is 2. The standard InChI is InChI=1S/C14H12FNO3S2/c1-2-10(13(18)19)16-12(17)11(21-14(16)20)7-8-5-3-4-6-9(8)15/h3-7,10H,2H2,1H3,(H,18,19)/b11-7+. The molecular formula is C14H12FNO3S2. The van der Waals surface area contributed by atoms with Crippen LogP contribution in [0.25, 0.3) is 6.08 Å². The van der Waals surface area contributed by atoms with Crippen LogP contribution in [0.1, 0.15) is 18.9 Å². The van der Waals surface area contributed by atoms with E-state index in [0.717, 1.165) is 16.7 Å². The molecule has 1 atom stereocenters. The Morgan fingerprint density at radius 1 is 1.52 bits per heavy atom. The topological polar surface area (TPSA) is 57.6 Å². The molecule has 4 nitrogen and oxygen atoms in total. The van der Waals surface area contributed by atoms with Gasteiger partial charge in [-0.2, -0.15) is 0 Å². The van der Waals surface area contributed by atoms with E-state index in [0.29, 0.717) is 0 Å².